The van der Waals surface area contributed by atoms with E-state index in [1.54, 1.807) is 35.0 Å². The highest BCUT2D eigenvalue weighted by Crippen LogP contribution is 2.31. The fourth-order valence-electron chi connectivity index (χ4n) is 3.53. The fraction of sp³-hybridized carbons (Fsp3) is 0.167. The monoisotopic (exact) mass is 509 g/mol. The molecule has 0 saturated heterocycles. The molecule has 0 bridgehead atoms. The van der Waals surface area contributed by atoms with Crippen molar-refractivity contribution in [1.82, 2.24) is 15.1 Å². The van der Waals surface area contributed by atoms with Crippen LogP contribution in [0, 0.1) is 11.6 Å². The molecular formula is C24H17ClF5N3O2. The van der Waals surface area contributed by atoms with Gasteiger partial charge in [-0.05, 0) is 67.1 Å². The maximum atomic E-state index is 14.1. The molecular weight excluding hydrogens is 493 g/mol. The number of halogens is 6. The molecule has 182 valence electrons. The fourth-order valence-corrected chi connectivity index (χ4v) is 3.65. The van der Waals surface area contributed by atoms with Crippen molar-refractivity contribution in [2.24, 2.45) is 0 Å². The third kappa shape index (κ3) is 5.37. The number of nitrogens with one attached hydrogen (secondary N) is 1. The van der Waals surface area contributed by atoms with E-state index in [1.165, 1.54) is 37.4 Å². The predicted molar refractivity (Wildman–Crippen MR) is 119 cm³/mol. The van der Waals surface area contributed by atoms with Gasteiger partial charge >= 0.3 is 12.1 Å². The van der Waals surface area contributed by atoms with Crippen LogP contribution in [0.5, 0.6) is 5.75 Å². The highest BCUT2D eigenvalue weighted by Gasteiger charge is 2.40. The van der Waals surface area contributed by atoms with Gasteiger partial charge in [0.1, 0.15) is 23.5 Å². The molecule has 3 aromatic carbocycles. The number of hydrogen-bond donors (Lipinski definition) is 1. The molecule has 1 unspecified atom stereocenters. The molecule has 1 amide bonds. The topological polar surface area (TPSA) is 56.1 Å². The largest absolute Gasteiger partial charge is 0.484 e. The van der Waals surface area contributed by atoms with E-state index in [0.717, 1.165) is 6.07 Å². The molecule has 35 heavy (non-hydrogen) atoms. The average Bonchev–Trinajstić information content (AvgIpc) is 3.22. The second kappa shape index (κ2) is 9.53. The normalized spacial score (nSPS) is 13.5. The van der Waals surface area contributed by atoms with E-state index in [-0.39, 0.29) is 16.3 Å². The first-order chi connectivity index (χ1) is 16.5. The van der Waals surface area contributed by atoms with Gasteiger partial charge in [0.05, 0.1) is 28.5 Å². The second-order valence-corrected chi connectivity index (χ2v) is 8.13. The number of amides is 1. The van der Waals surface area contributed by atoms with Crippen molar-refractivity contribution in [2.45, 2.75) is 25.2 Å². The zero-order chi connectivity index (χ0) is 25.3. The van der Waals surface area contributed by atoms with E-state index < -0.39 is 35.9 Å². The van der Waals surface area contributed by atoms with Crippen LogP contribution >= 0.6 is 11.6 Å². The molecule has 0 aliphatic carbocycles. The smallest absolute Gasteiger partial charge is 0.471 e. The van der Waals surface area contributed by atoms with Gasteiger partial charge < -0.3 is 10.1 Å². The molecule has 0 aliphatic rings. The molecule has 11 heteroatoms. The van der Waals surface area contributed by atoms with Gasteiger partial charge in [-0.15, -0.1) is 0 Å². The lowest BCUT2D eigenvalue weighted by atomic mass is 10.0. The number of hydrogen-bond acceptors (Lipinski definition) is 3. The summed E-state index contributed by atoms with van der Waals surface area (Å²) in [5, 5.41) is 6.59. The predicted octanol–water partition coefficient (Wildman–Crippen LogP) is 6.14. The number of rotatable bonds is 6. The number of carbonyl (C=O) groups excluding carboxylic acids is 1. The van der Waals surface area contributed by atoms with E-state index in [9.17, 15) is 26.7 Å². The molecule has 1 N–H and O–H groups in total. The third-order valence-corrected chi connectivity index (χ3v) is 5.52. The molecule has 0 aliphatic heterocycles. The molecule has 0 spiro atoms. The molecule has 1 aromatic heterocycles. The summed E-state index contributed by atoms with van der Waals surface area (Å²) in [7, 11) is 0. The summed E-state index contributed by atoms with van der Waals surface area (Å²) in [5.74, 6) is -3.09. The van der Waals surface area contributed by atoms with Crippen LogP contribution in [0.1, 0.15) is 18.6 Å². The number of carbonyl (C=O) groups is 1. The Morgan fingerprint density at radius 3 is 2.43 bits per heavy atom. The summed E-state index contributed by atoms with van der Waals surface area (Å²) in [4.78, 5) is 11.5. The minimum Gasteiger partial charge on any atom is -0.484 e. The van der Waals surface area contributed by atoms with Gasteiger partial charge in [0.15, 0.2) is 0 Å². The van der Waals surface area contributed by atoms with Gasteiger partial charge in [0.25, 0.3) is 0 Å². The summed E-state index contributed by atoms with van der Waals surface area (Å²) < 4.78 is 73.3. The summed E-state index contributed by atoms with van der Waals surface area (Å²) in [5.41, 5.74) is 1.45. The van der Waals surface area contributed by atoms with Crippen LogP contribution < -0.4 is 10.1 Å². The maximum absolute atomic E-state index is 14.1. The quantitative estimate of drug-likeness (QED) is 0.317. The van der Waals surface area contributed by atoms with Gasteiger partial charge in [0.2, 0.25) is 0 Å². The first kappa shape index (κ1) is 24.5. The Bertz CT molecular complexity index is 1370. The molecule has 1 heterocycles. The first-order valence-corrected chi connectivity index (χ1v) is 10.6. The van der Waals surface area contributed by atoms with Crippen LogP contribution in [-0.4, -0.2) is 27.9 Å². The van der Waals surface area contributed by atoms with Crippen molar-refractivity contribution in [3.05, 3.63) is 89.1 Å². The second-order valence-electron chi connectivity index (χ2n) is 7.73. The van der Waals surface area contributed by atoms with Crippen molar-refractivity contribution < 1.29 is 31.5 Å². The van der Waals surface area contributed by atoms with Gasteiger partial charge in [0, 0.05) is 5.39 Å². The molecule has 0 radical (unpaired) electrons. The lowest BCUT2D eigenvalue weighted by molar-refractivity contribution is -0.174. The maximum Gasteiger partial charge on any atom is 0.471 e. The standard InChI is InChI=1S/C24H17ClF5N3O2/c1-13(32-23(34)24(28,29)30)22(14-2-8-19(25)20(27)11-14)35-18-7-9-21-15(10-18)12-31-33(21)17-5-3-16(26)4-6-17/h2-13,22H,1H3,(H,32,34)/t13-,22?/m0/s1. The van der Waals surface area contributed by atoms with Gasteiger partial charge in [-0.1, -0.05) is 17.7 Å². The number of alkyl halides is 3. The number of aromatic nitrogens is 2. The third-order valence-electron chi connectivity index (χ3n) is 5.22. The molecule has 4 rings (SSSR count). The Hall–Kier alpha value is -3.66. The van der Waals surface area contributed by atoms with Crippen LogP contribution in [0.25, 0.3) is 16.6 Å². The van der Waals surface area contributed by atoms with Crippen molar-refractivity contribution in [2.75, 3.05) is 0 Å². The molecule has 2 atom stereocenters. The van der Waals surface area contributed by atoms with E-state index in [1.807, 2.05) is 5.32 Å². The average molecular weight is 510 g/mol. The highest BCUT2D eigenvalue weighted by atomic mass is 35.5. The Labute approximate surface area is 201 Å². The Morgan fingerprint density at radius 2 is 1.77 bits per heavy atom. The number of fused-ring (bicyclic) bond motifs is 1. The van der Waals surface area contributed by atoms with Gasteiger partial charge in [-0.25, -0.2) is 13.5 Å². The van der Waals surface area contributed by atoms with E-state index in [4.69, 9.17) is 16.3 Å². The van der Waals surface area contributed by atoms with E-state index in [2.05, 4.69) is 5.10 Å². The lowest BCUT2D eigenvalue weighted by Gasteiger charge is -2.27. The van der Waals surface area contributed by atoms with Crippen LogP contribution in [0.3, 0.4) is 0 Å². The zero-order valence-corrected chi connectivity index (χ0v) is 18.7. The van der Waals surface area contributed by atoms with Crippen LogP contribution in [-0.2, 0) is 4.79 Å². The summed E-state index contributed by atoms with van der Waals surface area (Å²) >= 11 is 5.73. The molecule has 0 fully saturated rings. The van der Waals surface area contributed by atoms with Crippen LogP contribution in [0.15, 0.2) is 66.9 Å². The minimum atomic E-state index is -5.10. The zero-order valence-electron chi connectivity index (χ0n) is 18.0. The van der Waals surface area contributed by atoms with Crippen molar-refractivity contribution in [3.63, 3.8) is 0 Å². The Balaban J connectivity index is 1.66. The Morgan fingerprint density at radius 1 is 1.06 bits per heavy atom. The number of benzene rings is 3. The van der Waals surface area contributed by atoms with Gasteiger partial charge in [-0.3, -0.25) is 4.79 Å². The minimum absolute atomic E-state index is 0.170. The van der Waals surface area contributed by atoms with Crippen molar-refractivity contribution in [1.29, 1.82) is 0 Å². The number of nitrogens with zero attached hydrogens (tertiary/aromatic N) is 2. The summed E-state index contributed by atoms with van der Waals surface area (Å²) in [6, 6.07) is 13.0. The van der Waals surface area contributed by atoms with Crippen LogP contribution in [0.4, 0.5) is 22.0 Å². The lowest BCUT2D eigenvalue weighted by Crippen LogP contribution is -2.45. The molecule has 4 aromatic rings. The first-order valence-electron chi connectivity index (χ1n) is 10.3. The van der Waals surface area contributed by atoms with E-state index in [0.29, 0.717) is 16.6 Å². The van der Waals surface area contributed by atoms with Crippen molar-refractivity contribution in [3.8, 4) is 11.4 Å². The van der Waals surface area contributed by atoms with Crippen molar-refractivity contribution >= 4 is 28.4 Å². The highest BCUT2D eigenvalue weighted by molar-refractivity contribution is 6.30. The van der Waals surface area contributed by atoms with Crippen LogP contribution in [0.2, 0.25) is 5.02 Å². The molecule has 0 saturated carbocycles. The van der Waals surface area contributed by atoms with Gasteiger partial charge in [-0.2, -0.15) is 18.3 Å². The molecule has 5 nitrogen and oxygen atoms in total. The summed E-state index contributed by atoms with van der Waals surface area (Å²) in [6.45, 7) is 1.31. The Kier molecular flexibility index (Phi) is 6.66. The van der Waals surface area contributed by atoms with E-state index >= 15 is 0 Å². The number of ether oxygens (including phenoxy) is 1. The SMILES string of the molecule is C[C@H](NC(=O)C(F)(F)F)C(Oc1ccc2c(cnn2-c2ccc(F)cc2)c1)c1ccc(Cl)c(F)c1. The summed E-state index contributed by atoms with van der Waals surface area (Å²) in [6.07, 6.45) is -4.74.